The van der Waals surface area contributed by atoms with Crippen LogP contribution in [0.3, 0.4) is 0 Å². The quantitative estimate of drug-likeness (QED) is 0.0229. The van der Waals surface area contributed by atoms with Crippen LogP contribution >= 0.6 is 0 Å². The monoisotopic (exact) mass is 941 g/mol. The van der Waals surface area contributed by atoms with E-state index >= 15 is 0 Å². The van der Waals surface area contributed by atoms with Gasteiger partial charge in [0.2, 0.25) is 0 Å². The van der Waals surface area contributed by atoms with E-state index in [4.69, 9.17) is 23.7 Å². The summed E-state index contributed by atoms with van der Waals surface area (Å²) in [5, 5.41) is 31.3. The van der Waals surface area contributed by atoms with E-state index in [0.29, 0.717) is 19.3 Å². The Kier molecular flexibility index (Phi) is 39.3. The lowest BCUT2D eigenvalue weighted by atomic mass is 9.98. The van der Waals surface area contributed by atoms with Gasteiger partial charge < -0.3 is 39.0 Å². The predicted octanol–water partition coefficient (Wildman–Crippen LogP) is 12.0. The fraction of sp³-hybridized carbons (Fsp3) is 0.673. The smallest absolute Gasteiger partial charge is 0.335 e. The number of unbranched alkanes of at least 4 members (excludes halogenated alkanes) is 14. The number of rotatable bonds is 41. The summed E-state index contributed by atoms with van der Waals surface area (Å²) in [6, 6.07) is 0. The molecule has 0 aromatic heterocycles. The topological polar surface area (TPSA) is 175 Å². The maximum absolute atomic E-state index is 13.0. The number of carboxylic acids is 1. The second kappa shape index (κ2) is 43.2. The molecule has 0 radical (unpaired) electrons. The van der Waals surface area contributed by atoms with Gasteiger partial charge in [0.1, 0.15) is 18.8 Å². The zero-order valence-electron chi connectivity index (χ0n) is 41.4. The van der Waals surface area contributed by atoms with Crippen molar-refractivity contribution in [3.05, 3.63) is 85.1 Å². The molecule has 12 heteroatoms. The fourth-order valence-electron chi connectivity index (χ4n) is 6.99. The van der Waals surface area contributed by atoms with Crippen molar-refractivity contribution in [3.8, 4) is 0 Å². The Morgan fingerprint density at radius 1 is 0.522 bits per heavy atom. The van der Waals surface area contributed by atoms with Crippen molar-refractivity contribution in [2.24, 2.45) is 0 Å². The average Bonchev–Trinajstić information content (AvgIpc) is 3.31. The highest BCUT2D eigenvalue weighted by Crippen LogP contribution is 2.26. The second-order valence-corrected chi connectivity index (χ2v) is 17.1. The molecule has 0 aromatic rings. The largest absolute Gasteiger partial charge is 0.479 e. The number of carbonyl (C=O) groups is 4. The van der Waals surface area contributed by atoms with E-state index in [2.05, 4.69) is 81.5 Å². The molecule has 1 aliphatic heterocycles. The number of ether oxygens (including phenoxy) is 5. The van der Waals surface area contributed by atoms with Gasteiger partial charge in [0, 0.05) is 12.8 Å². The maximum Gasteiger partial charge on any atom is 0.335 e. The van der Waals surface area contributed by atoms with Crippen molar-refractivity contribution < 1.29 is 58.2 Å². The minimum atomic E-state index is -1.94. The van der Waals surface area contributed by atoms with Crippen LogP contribution in [0.4, 0.5) is 0 Å². The van der Waals surface area contributed by atoms with Crippen molar-refractivity contribution in [3.63, 3.8) is 0 Å². The van der Waals surface area contributed by atoms with Crippen molar-refractivity contribution in [1.82, 2.24) is 0 Å². The Labute approximate surface area is 403 Å². The summed E-state index contributed by atoms with van der Waals surface area (Å²) in [6.45, 7) is 5.70. The Bertz CT molecular complexity index is 1490. The molecule has 1 heterocycles. The molecule has 3 N–H and O–H groups in total. The van der Waals surface area contributed by atoms with Crippen LogP contribution in [0.1, 0.15) is 188 Å². The molecule has 6 unspecified atom stereocenters. The van der Waals surface area contributed by atoms with Crippen LogP contribution in [-0.4, -0.2) is 89.2 Å². The summed E-state index contributed by atoms with van der Waals surface area (Å²) in [5.74, 6) is -3.32. The Balaban J connectivity index is 2.81. The number of hydrogen-bond donors (Lipinski definition) is 3. The summed E-state index contributed by atoms with van der Waals surface area (Å²) >= 11 is 0. The van der Waals surface area contributed by atoms with E-state index in [9.17, 15) is 34.5 Å². The van der Waals surface area contributed by atoms with E-state index < -0.39 is 67.3 Å². The Hall–Kier alpha value is -4.10. The van der Waals surface area contributed by atoms with Crippen molar-refractivity contribution in [2.75, 3.05) is 13.2 Å². The van der Waals surface area contributed by atoms with E-state index in [1.807, 2.05) is 12.2 Å². The van der Waals surface area contributed by atoms with Gasteiger partial charge >= 0.3 is 23.9 Å². The first-order valence-electron chi connectivity index (χ1n) is 25.6. The van der Waals surface area contributed by atoms with Crippen LogP contribution in [0, 0.1) is 0 Å². The number of hydrogen-bond acceptors (Lipinski definition) is 11. The second-order valence-electron chi connectivity index (χ2n) is 17.1. The molecule has 67 heavy (non-hydrogen) atoms. The molecule has 6 atom stereocenters. The summed E-state index contributed by atoms with van der Waals surface area (Å²) in [4.78, 5) is 50.7. The van der Waals surface area contributed by atoms with E-state index in [-0.39, 0.29) is 25.9 Å². The summed E-state index contributed by atoms with van der Waals surface area (Å²) in [6.07, 6.45) is 41.8. The normalized spacial score (nSPS) is 19.6. The number of aliphatic hydroxyl groups is 2. The third-order valence-corrected chi connectivity index (χ3v) is 11.0. The average molecular weight is 941 g/mol. The SMILES string of the molecule is CC/C=C\C/C=C\C/C=C\C/C=C\C/C=C\CC(=O)OC1C(OCC(COC(=O)CCCCCCC/C=C\CCCC)OC(=O)CCCCCCC/C=C\CCCC)OC(C(=O)O)C(O)C1O. The first-order chi connectivity index (χ1) is 32.6. The van der Waals surface area contributed by atoms with Gasteiger partial charge in [0.25, 0.3) is 0 Å². The zero-order valence-corrected chi connectivity index (χ0v) is 41.4. The van der Waals surface area contributed by atoms with Crippen molar-refractivity contribution >= 4 is 23.9 Å². The predicted molar refractivity (Wildman–Crippen MR) is 266 cm³/mol. The number of carbonyl (C=O) groups excluding carboxylic acids is 3. The number of aliphatic carboxylic acids is 1. The van der Waals surface area contributed by atoms with Gasteiger partial charge in [-0.2, -0.15) is 0 Å². The lowest BCUT2D eigenvalue weighted by Crippen LogP contribution is -2.61. The van der Waals surface area contributed by atoms with Gasteiger partial charge in [-0.1, -0.05) is 170 Å². The van der Waals surface area contributed by atoms with Gasteiger partial charge in [0.05, 0.1) is 13.0 Å². The molecular formula is C55H88O12. The molecular weight excluding hydrogens is 853 g/mol. The van der Waals surface area contributed by atoms with Crippen molar-refractivity contribution in [1.29, 1.82) is 0 Å². The Morgan fingerprint density at radius 2 is 0.985 bits per heavy atom. The van der Waals surface area contributed by atoms with Crippen LogP contribution in [0.2, 0.25) is 0 Å². The summed E-state index contributed by atoms with van der Waals surface area (Å²) < 4.78 is 28.1. The molecule has 0 bridgehead atoms. The third kappa shape index (κ3) is 33.9. The van der Waals surface area contributed by atoms with Gasteiger partial charge in [-0.3, -0.25) is 14.4 Å². The first-order valence-corrected chi connectivity index (χ1v) is 25.6. The van der Waals surface area contributed by atoms with Crippen molar-refractivity contribution in [2.45, 2.75) is 225 Å². The highest BCUT2D eigenvalue weighted by molar-refractivity contribution is 5.74. The number of allylic oxidation sites excluding steroid dienone is 13. The first kappa shape index (κ1) is 60.9. The Morgan fingerprint density at radius 3 is 1.49 bits per heavy atom. The van der Waals surface area contributed by atoms with E-state index in [1.54, 1.807) is 12.2 Å². The van der Waals surface area contributed by atoms with E-state index in [1.165, 1.54) is 25.7 Å². The van der Waals surface area contributed by atoms with Crippen LogP contribution in [0.5, 0.6) is 0 Å². The zero-order chi connectivity index (χ0) is 49.0. The van der Waals surface area contributed by atoms with Gasteiger partial charge in [-0.25, -0.2) is 4.79 Å². The molecule has 380 valence electrons. The standard InChI is InChI=1S/C55H88O12/c1-4-7-10-13-16-19-22-23-24-25-28-31-34-37-40-43-49(58)66-53-51(60)50(59)52(54(61)62)67-55(53)64-45-46(65-48(57)42-39-36-33-30-27-21-18-15-12-9-6-3)44-63-47(56)41-38-35-32-29-26-20-17-14-11-8-5-2/h7,10,14-19,23-24,28,31,37,40,46,50-53,55,59-60H,4-6,8-9,11-13,20-22,25-27,29-30,32-36,38-39,41-45H2,1-3H3,(H,61,62)/b10-7-,17-14-,18-15-,19-16-,24-23-,31-28-,40-37-. The van der Waals surface area contributed by atoms with Crippen LogP contribution < -0.4 is 0 Å². The molecule has 0 amide bonds. The van der Waals surface area contributed by atoms with Gasteiger partial charge in [-0.15, -0.1) is 0 Å². The molecule has 1 fully saturated rings. The minimum Gasteiger partial charge on any atom is -0.479 e. The summed E-state index contributed by atoms with van der Waals surface area (Å²) in [7, 11) is 0. The van der Waals surface area contributed by atoms with E-state index in [0.717, 1.165) is 103 Å². The number of carboxylic acid groups (broad SMARTS) is 1. The third-order valence-electron chi connectivity index (χ3n) is 11.0. The highest BCUT2D eigenvalue weighted by atomic mass is 16.7. The van der Waals surface area contributed by atoms with Crippen LogP contribution in [0.15, 0.2) is 85.1 Å². The van der Waals surface area contributed by atoms with Crippen LogP contribution in [-0.2, 0) is 42.9 Å². The molecule has 12 nitrogen and oxygen atoms in total. The number of aliphatic hydroxyl groups excluding tert-OH is 2. The lowest BCUT2D eigenvalue weighted by molar-refractivity contribution is -0.301. The minimum absolute atomic E-state index is 0.137. The summed E-state index contributed by atoms with van der Waals surface area (Å²) in [5.41, 5.74) is 0. The van der Waals surface area contributed by atoms with Gasteiger partial charge in [0.15, 0.2) is 24.6 Å². The molecule has 1 aliphatic rings. The molecule has 0 aliphatic carbocycles. The fourth-order valence-corrected chi connectivity index (χ4v) is 6.99. The molecule has 0 saturated carbocycles. The highest BCUT2D eigenvalue weighted by Gasteiger charge is 2.50. The maximum atomic E-state index is 13.0. The molecule has 0 spiro atoms. The van der Waals surface area contributed by atoms with Crippen LogP contribution in [0.25, 0.3) is 0 Å². The molecule has 0 aromatic carbocycles. The lowest BCUT2D eigenvalue weighted by Gasteiger charge is -2.40. The molecule has 1 rings (SSSR count). The number of esters is 3. The molecule has 1 saturated heterocycles. The van der Waals surface area contributed by atoms with Gasteiger partial charge in [-0.05, 0) is 83.5 Å².